The van der Waals surface area contributed by atoms with Crippen molar-refractivity contribution in [3.8, 4) is 0 Å². The van der Waals surface area contributed by atoms with Crippen LogP contribution in [-0.4, -0.2) is 48.1 Å². The molecule has 0 aromatic carbocycles. The van der Waals surface area contributed by atoms with Crippen molar-refractivity contribution in [1.29, 1.82) is 0 Å². The van der Waals surface area contributed by atoms with Crippen LogP contribution in [0.5, 0.6) is 0 Å². The average molecular weight is 299 g/mol. The minimum Gasteiger partial charge on any atom is -0.317 e. The number of hydrogen-bond acceptors (Lipinski definition) is 3. The first-order valence-corrected chi connectivity index (χ1v) is 9.43. The van der Waals surface area contributed by atoms with E-state index in [0.717, 1.165) is 23.8 Å². The number of rotatable bonds is 4. The second kappa shape index (κ2) is 7.02. The van der Waals surface area contributed by atoms with Gasteiger partial charge in [0.15, 0.2) is 0 Å². The first-order valence-electron chi connectivity index (χ1n) is 8.45. The van der Waals surface area contributed by atoms with Crippen molar-refractivity contribution in [1.82, 2.24) is 10.2 Å². The summed E-state index contributed by atoms with van der Waals surface area (Å²) in [5.41, 5.74) is 0. The third-order valence-corrected chi connectivity index (χ3v) is 6.63. The van der Waals surface area contributed by atoms with Crippen LogP contribution >= 0.6 is 11.8 Å². The standard InChI is InChI=1S/C17H34N2S/c1-13(2)14-6-7-16(18-5)15(10-14)11-19-8-9-20-17(3,4)12-19/h13-16,18H,6-12H2,1-5H3. The van der Waals surface area contributed by atoms with Gasteiger partial charge in [0.2, 0.25) is 0 Å². The number of nitrogens with one attached hydrogen (secondary N) is 1. The Morgan fingerprint density at radius 3 is 2.65 bits per heavy atom. The van der Waals surface area contributed by atoms with Gasteiger partial charge in [-0.1, -0.05) is 13.8 Å². The molecule has 1 N–H and O–H groups in total. The van der Waals surface area contributed by atoms with E-state index in [-0.39, 0.29) is 0 Å². The molecule has 20 heavy (non-hydrogen) atoms. The van der Waals surface area contributed by atoms with E-state index in [0.29, 0.717) is 4.75 Å². The molecule has 0 radical (unpaired) electrons. The average Bonchev–Trinajstić information content (AvgIpc) is 2.37. The van der Waals surface area contributed by atoms with E-state index in [9.17, 15) is 0 Å². The molecule has 1 heterocycles. The Balaban J connectivity index is 1.93. The van der Waals surface area contributed by atoms with Crippen molar-refractivity contribution < 1.29 is 0 Å². The Morgan fingerprint density at radius 2 is 2.05 bits per heavy atom. The molecule has 2 nitrogen and oxygen atoms in total. The van der Waals surface area contributed by atoms with Gasteiger partial charge < -0.3 is 10.2 Å². The van der Waals surface area contributed by atoms with Crippen LogP contribution in [0.1, 0.15) is 47.0 Å². The van der Waals surface area contributed by atoms with E-state index in [1.165, 1.54) is 44.6 Å². The van der Waals surface area contributed by atoms with Gasteiger partial charge in [0.05, 0.1) is 0 Å². The van der Waals surface area contributed by atoms with Gasteiger partial charge in [0.1, 0.15) is 0 Å². The summed E-state index contributed by atoms with van der Waals surface area (Å²) in [7, 11) is 2.16. The van der Waals surface area contributed by atoms with Crippen LogP contribution < -0.4 is 5.32 Å². The molecule has 0 aromatic rings. The van der Waals surface area contributed by atoms with Crippen LogP contribution in [0, 0.1) is 17.8 Å². The molecule has 2 aliphatic rings. The summed E-state index contributed by atoms with van der Waals surface area (Å²) in [4.78, 5) is 2.73. The van der Waals surface area contributed by atoms with Gasteiger partial charge in [-0.05, 0) is 57.9 Å². The van der Waals surface area contributed by atoms with Gasteiger partial charge in [0, 0.05) is 36.2 Å². The first kappa shape index (κ1) is 16.6. The molecule has 1 aliphatic carbocycles. The minimum absolute atomic E-state index is 0.444. The summed E-state index contributed by atoms with van der Waals surface area (Å²) >= 11 is 2.14. The largest absolute Gasteiger partial charge is 0.317 e. The fraction of sp³-hybridized carbons (Fsp3) is 1.00. The van der Waals surface area contributed by atoms with Gasteiger partial charge >= 0.3 is 0 Å². The molecule has 2 fully saturated rings. The van der Waals surface area contributed by atoms with Crippen molar-refractivity contribution in [2.45, 2.75) is 57.7 Å². The zero-order chi connectivity index (χ0) is 14.8. The Bertz CT molecular complexity index is 303. The maximum atomic E-state index is 3.59. The molecule has 2 rings (SSSR count). The molecule has 3 unspecified atom stereocenters. The molecular formula is C17H34N2S. The summed E-state index contributed by atoms with van der Waals surface area (Å²) in [6.07, 6.45) is 4.21. The van der Waals surface area contributed by atoms with E-state index in [2.05, 4.69) is 56.7 Å². The summed E-state index contributed by atoms with van der Waals surface area (Å²) in [5, 5.41) is 3.59. The van der Waals surface area contributed by atoms with Gasteiger partial charge in [0.25, 0.3) is 0 Å². The number of hydrogen-bond donors (Lipinski definition) is 1. The third kappa shape index (κ3) is 4.38. The van der Waals surface area contributed by atoms with Crippen LogP contribution in [0.15, 0.2) is 0 Å². The fourth-order valence-corrected chi connectivity index (χ4v) is 5.27. The molecular weight excluding hydrogens is 264 g/mol. The molecule has 0 amide bonds. The summed E-state index contributed by atoms with van der Waals surface area (Å²) in [6, 6.07) is 0.739. The van der Waals surface area contributed by atoms with Crippen molar-refractivity contribution in [3.05, 3.63) is 0 Å². The Hall–Kier alpha value is 0.270. The van der Waals surface area contributed by atoms with E-state index >= 15 is 0 Å². The van der Waals surface area contributed by atoms with Crippen LogP contribution in [0.3, 0.4) is 0 Å². The zero-order valence-electron chi connectivity index (χ0n) is 14.1. The molecule has 3 atom stereocenters. The Morgan fingerprint density at radius 1 is 1.30 bits per heavy atom. The molecule has 0 aromatic heterocycles. The fourth-order valence-electron chi connectivity index (χ4n) is 4.09. The normalized spacial score (nSPS) is 35.4. The lowest BCUT2D eigenvalue weighted by atomic mass is 9.73. The smallest absolute Gasteiger partial charge is 0.0231 e. The van der Waals surface area contributed by atoms with Crippen molar-refractivity contribution >= 4 is 11.8 Å². The van der Waals surface area contributed by atoms with Gasteiger partial charge in [-0.25, -0.2) is 0 Å². The lowest BCUT2D eigenvalue weighted by molar-refractivity contribution is 0.122. The highest BCUT2D eigenvalue weighted by Crippen LogP contribution is 2.36. The highest BCUT2D eigenvalue weighted by molar-refractivity contribution is 8.00. The van der Waals surface area contributed by atoms with E-state index < -0.39 is 0 Å². The lowest BCUT2D eigenvalue weighted by Crippen LogP contribution is -2.50. The molecule has 0 bridgehead atoms. The second-order valence-electron chi connectivity index (χ2n) is 7.82. The minimum atomic E-state index is 0.444. The first-order chi connectivity index (χ1) is 9.41. The van der Waals surface area contributed by atoms with Crippen molar-refractivity contribution in [2.24, 2.45) is 17.8 Å². The van der Waals surface area contributed by atoms with Crippen LogP contribution in [0.25, 0.3) is 0 Å². The summed E-state index contributed by atoms with van der Waals surface area (Å²) in [6.45, 7) is 13.5. The topological polar surface area (TPSA) is 15.3 Å². The predicted molar refractivity (Wildman–Crippen MR) is 91.5 cm³/mol. The molecule has 118 valence electrons. The second-order valence-corrected chi connectivity index (χ2v) is 9.62. The quantitative estimate of drug-likeness (QED) is 0.855. The third-order valence-electron chi connectivity index (χ3n) is 5.33. The maximum Gasteiger partial charge on any atom is 0.0231 e. The van der Waals surface area contributed by atoms with E-state index in [4.69, 9.17) is 0 Å². The van der Waals surface area contributed by atoms with Crippen molar-refractivity contribution in [3.63, 3.8) is 0 Å². The van der Waals surface area contributed by atoms with Gasteiger partial charge in [-0.15, -0.1) is 0 Å². The zero-order valence-corrected chi connectivity index (χ0v) is 14.9. The van der Waals surface area contributed by atoms with E-state index in [1.807, 2.05) is 0 Å². The maximum absolute atomic E-state index is 3.59. The highest BCUT2D eigenvalue weighted by atomic mass is 32.2. The van der Waals surface area contributed by atoms with Crippen LogP contribution in [-0.2, 0) is 0 Å². The SMILES string of the molecule is CNC1CCC(C(C)C)CC1CN1CCSC(C)(C)C1. The number of thioether (sulfide) groups is 1. The van der Waals surface area contributed by atoms with Crippen LogP contribution in [0.2, 0.25) is 0 Å². The molecule has 1 saturated carbocycles. The van der Waals surface area contributed by atoms with E-state index in [1.54, 1.807) is 0 Å². The number of nitrogens with zero attached hydrogens (tertiary/aromatic N) is 1. The summed E-state index contributed by atoms with van der Waals surface area (Å²) < 4.78 is 0.444. The van der Waals surface area contributed by atoms with Gasteiger partial charge in [-0.3, -0.25) is 0 Å². The lowest BCUT2D eigenvalue weighted by Gasteiger charge is -2.43. The summed E-state index contributed by atoms with van der Waals surface area (Å²) in [5.74, 6) is 3.94. The monoisotopic (exact) mass is 298 g/mol. The Kier molecular flexibility index (Phi) is 5.84. The Labute approximate surface area is 130 Å². The highest BCUT2D eigenvalue weighted by Gasteiger charge is 2.34. The molecule has 0 spiro atoms. The van der Waals surface area contributed by atoms with Crippen LogP contribution in [0.4, 0.5) is 0 Å². The van der Waals surface area contributed by atoms with Gasteiger partial charge in [-0.2, -0.15) is 11.8 Å². The van der Waals surface area contributed by atoms with Crippen molar-refractivity contribution in [2.75, 3.05) is 32.4 Å². The predicted octanol–water partition coefficient (Wildman–Crippen LogP) is 3.47. The molecule has 3 heteroatoms. The molecule has 1 saturated heterocycles. The molecule has 1 aliphatic heterocycles.